The van der Waals surface area contributed by atoms with Crippen molar-refractivity contribution in [1.29, 1.82) is 0 Å². The first-order valence-electron chi connectivity index (χ1n) is 7.24. The molecule has 0 aliphatic carbocycles. The van der Waals surface area contributed by atoms with Gasteiger partial charge in [-0.2, -0.15) is 13.2 Å². The quantitative estimate of drug-likeness (QED) is 0.830. The third-order valence-electron chi connectivity index (χ3n) is 3.61. The van der Waals surface area contributed by atoms with E-state index in [4.69, 9.17) is 11.6 Å². The standard InChI is InChI=1S/C17H16ClF3O3S/c1-16(22,13-5-7-15(18)8-6-13)11-25(23,24)10-12-3-2-4-14(9-12)17(19,20)21/h2-9,22H,10-11H2,1H3. The van der Waals surface area contributed by atoms with Crippen LogP contribution < -0.4 is 0 Å². The Morgan fingerprint density at radius 2 is 1.64 bits per heavy atom. The molecule has 3 nitrogen and oxygen atoms in total. The second kappa shape index (κ2) is 6.97. The van der Waals surface area contributed by atoms with Crippen molar-refractivity contribution in [2.45, 2.75) is 24.5 Å². The van der Waals surface area contributed by atoms with Crippen molar-refractivity contribution in [3.8, 4) is 0 Å². The number of aliphatic hydroxyl groups is 1. The molecule has 2 aromatic carbocycles. The monoisotopic (exact) mass is 392 g/mol. The van der Waals surface area contributed by atoms with Crippen LogP contribution in [-0.4, -0.2) is 19.3 Å². The molecule has 0 spiro atoms. The van der Waals surface area contributed by atoms with Crippen LogP contribution in [-0.2, 0) is 27.4 Å². The van der Waals surface area contributed by atoms with Crippen molar-refractivity contribution < 1.29 is 26.7 Å². The van der Waals surface area contributed by atoms with E-state index in [1.54, 1.807) is 0 Å². The maximum atomic E-state index is 12.7. The molecule has 1 atom stereocenters. The van der Waals surface area contributed by atoms with E-state index in [0.29, 0.717) is 10.6 Å². The molecule has 0 saturated carbocycles. The van der Waals surface area contributed by atoms with Crippen LogP contribution in [0.3, 0.4) is 0 Å². The summed E-state index contributed by atoms with van der Waals surface area (Å²) in [4.78, 5) is 0. The molecule has 2 rings (SSSR count). The summed E-state index contributed by atoms with van der Waals surface area (Å²) in [6, 6.07) is 10.2. The van der Waals surface area contributed by atoms with Crippen molar-refractivity contribution in [2.24, 2.45) is 0 Å². The van der Waals surface area contributed by atoms with Crippen molar-refractivity contribution in [2.75, 3.05) is 5.75 Å². The van der Waals surface area contributed by atoms with Gasteiger partial charge in [-0.15, -0.1) is 0 Å². The molecule has 0 radical (unpaired) electrons. The lowest BCUT2D eigenvalue weighted by Crippen LogP contribution is -2.31. The Balaban J connectivity index is 2.20. The van der Waals surface area contributed by atoms with Gasteiger partial charge >= 0.3 is 6.18 Å². The Hall–Kier alpha value is -1.57. The van der Waals surface area contributed by atoms with Crippen LogP contribution in [0.4, 0.5) is 13.2 Å². The molecule has 0 saturated heterocycles. The van der Waals surface area contributed by atoms with Crippen LogP contribution >= 0.6 is 11.6 Å². The predicted octanol–water partition coefficient (Wildman–Crippen LogP) is 4.18. The van der Waals surface area contributed by atoms with Gasteiger partial charge in [-0.1, -0.05) is 41.9 Å². The summed E-state index contributed by atoms with van der Waals surface area (Å²) >= 11 is 5.76. The van der Waals surface area contributed by atoms with E-state index in [0.717, 1.165) is 18.2 Å². The number of hydrogen-bond acceptors (Lipinski definition) is 3. The van der Waals surface area contributed by atoms with Crippen molar-refractivity contribution in [1.82, 2.24) is 0 Å². The van der Waals surface area contributed by atoms with Gasteiger partial charge in [0.25, 0.3) is 0 Å². The molecule has 25 heavy (non-hydrogen) atoms. The van der Waals surface area contributed by atoms with Gasteiger partial charge in [0.15, 0.2) is 9.84 Å². The first-order chi connectivity index (χ1) is 11.4. The predicted molar refractivity (Wildman–Crippen MR) is 90.0 cm³/mol. The first-order valence-corrected chi connectivity index (χ1v) is 9.44. The highest BCUT2D eigenvalue weighted by atomic mass is 35.5. The zero-order chi connectivity index (χ0) is 18.9. The van der Waals surface area contributed by atoms with Gasteiger partial charge in [0.2, 0.25) is 0 Å². The minimum absolute atomic E-state index is 0.0155. The summed E-state index contributed by atoms with van der Waals surface area (Å²) in [6.07, 6.45) is -4.55. The summed E-state index contributed by atoms with van der Waals surface area (Å²) in [5.74, 6) is -1.22. The van der Waals surface area contributed by atoms with Gasteiger partial charge in [0.1, 0.15) is 5.60 Å². The lowest BCUT2D eigenvalue weighted by atomic mass is 9.98. The molecule has 136 valence electrons. The van der Waals surface area contributed by atoms with Crippen LogP contribution in [0.15, 0.2) is 48.5 Å². The lowest BCUT2D eigenvalue weighted by Gasteiger charge is -2.24. The van der Waals surface area contributed by atoms with Gasteiger partial charge in [-0.05, 0) is 36.2 Å². The third-order valence-corrected chi connectivity index (χ3v) is 5.64. The van der Waals surface area contributed by atoms with Gasteiger partial charge < -0.3 is 5.11 Å². The molecule has 1 N–H and O–H groups in total. The molecule has 8 heteroatoms. The highest BCUT2D eigenvalue weighted by molar-refractivity contribution is 7.90. The van der Waals surface area contributed by atoms with Gasteiger partial charge in [-0.25, -0.2) is 8.42 Å². The van der Waals surface area contributed by atoms with E-state index in [-0.39, 0.29) is 5.56 Å². The third kappa shape index (κ3) is 5.45. The Morgan fingerprint density at radius 1 is 1.04 bits per heavy atom. The average Bonchev–Trinajstić information content (AvgIpc) is 2.45. The molecule has 0 aromatic heterocycles. The minimum atomic E-state index is -4.55. The summed E-state index contributed by atoms with van der Waals surface area (Å²) in [6.45, 7) is 1.33. The summed E-state index contributed by atoms with van der Waals surface area (Å²) in [5.41, 5.74) is -2.23. The number of rotatable bonds is 5. The topological polar surface area (TPSA) is 54.4 Å². The molecule has 1 unspecified atom stereocenters. The maximum absolute atomic E-state index is 12.7. The molecule has 0 amide bonds. The first kappa shape index (κ1) is 19.8. The van der Waals surface area contributed by atoms with Crippen molar-refractivity contribution >= 4 is 21.4 Å². The van der Waals surface area contributed by atoms with E-state index in [1.807, 2.05) is 0 Å². The number of hydrogen-bond donors (Lipinski definition) is 1. The zero-order valence-electron chi connectivity index (χ0n) is 13.2. The van der Waals surface area contributed by atoms with E-state index < -0.39 is 38.7 Å². The van der Waals surface area contributed by atoms with Crippen LogP contribution in [0.5, 0.6) is 0 Å². The second-order valence-electron chi connectivity index (χ2n) is 6.01. The van der Waals surface area contributed by atoms with Crippen LogP contribution in [0.1, 0.15) is 23.6 Å². The van der Waals surface area contributed by atoms with Gasteiger partial charge in [0.05, 0.1) is 17.1 Å². The van der Waals surface area contributed by atoms with Crippen LogP contribution in [0.25, 0.3) is 0 Å². The molecule has 2 aromatic rings. The number of benzene rings is 2. The molecule has 0 bridgehead atoms. The highest BCUT2D eigenvalue weighted by Crippen LogP contribution is 2.30. The number of alkyl halides is 3. The van der Waals surface area contributed by atoms with Gasteiger partial charge in [-0.3, -0.25) is 0 Å². The summed E-state index contributed by atoms with van der Waals surface area (Å²) < 4.78 is 62.9. The highest BCUT2D eigenvalue weighted by Gasteiger charge is 2.32. The zero-order valence-corrected chi connectivity index (χ0v) is 14.8. The van der Waals surface area contributed by atoms with E-state index in [2.05, 4.69) is 0 Å². The average molecular weight is 393 g/mol. The molecule has 0 heterocycles. The Labute approximate surface area is 149 Å². The fourth-order valence-corrected chi connectivity index (χ4v) is 4.40. The molecule has 0 aliphatic rings. The Morgan fingerprint density at radius 3 is 2.20 bits per heavy atom. The largest absolute Gasteiger partial charge is 0.416 e. The van der Waals surface area contributed by atoms with Crippen LogP contribution in [0.2, 0.25) is 5.02 Å². The van der Waals surface area contributed by atoms with E-state index in [9.17, 15) is 26.7 Å². The van der Waals surface area contributed by atoms with Crippen molar-refractivity contribution in [3.05, 3.63) is 70.2 Å². The van der Waals surface area contributed by atoms with Gasteiger partial charge in [0, 0.05) is 5.02 Å². The fourth-order valence-electron chi connectivity index (χ4n) is 2.46. The maximum Gasteiger partial charge on any atom is 0.416 e. The van der Waals surface area contributed by atoms with Crippen LogP contribution in [0, 0.1) is 0 Å². The van der Waals surface area contributed by atoms with E-state index in [1.165, 1.54) is 37.3 Å². The normalized spacial score (nSPS) is 15.0. The van der Waals surface area contributed by atoms with E-state index >= 15 is 0 Å². The molecule has 0 aliphatic heterocycles. The van der Waals surface area contributed by atoms with Crippen molar-refractivity contribution in [3.63, 3.8) is 0 Å². The summed E-state index contributed by atoms with van der Waals surface area (Å²) in [7, 11) is -3.86. The Kier molecular flexibility index (Phi) is 5.51. The minimum Gasteiger partial charge on any atom is -0.384 e. The SMILES string of the molecule is CC(O)(CS(=O)(=O)Cc1cccc(C(F)(F)F)c1)c1ccc(Cl)cc1. The molecular formula is C17H16ClF3O3S. The number of sulfone groups is 1. The summed E-state index contributed by atoms with van der Waals surface area (Å²) in [5, 5.41) is 10.9. The second-order valence-corrected chi connectivity index (χ2v) is 8.51. The lowest BCUT2D eigenvalue weighted by molar-refractivity contribution is -0.137. The Bertz CT molecular complexity index is 844. The number of halogens is 4. The molecule has 0 fully saturated rings. The smallest absolute Gasteiger partial charge is 0.384 e. The molecular weight excluding hydrogens is 377 g/mol. The fraction of sp³-hybridized carbons (Fsp3) is 0.294.